The van der Waals surface area contributed by atoms with Gasteiger partial charge in [-0.2, -0.15) is 29.8 Å². The average Bonchev–Trinajstić information content (AvgIpc) is 3.45. The molecule has 4 rings (SSSR count). The summed E-state index contributed by atoms with van der Waals surface area (Å²) in [6.45, 7) is 1.81. The van der Waals surface area contributed by atoms with Crippen LogP contribution in [0, 0.1) is 10.6 Å². The number of hydrogen-bond acceptors (Lipinski definition) is 13. The van der Waals surface area contributed by atoms with Crippen molar-refractivity contribution >= 4 is 57.4 Å². The number of aryl methyl sites for hydroxylation is 2. The average molecular weight is 595 g/mol. The molecule has 0 atom stereocenters. The number of carbonyl (C=O) groups excluding carboxylic acids is 1. The van der Waals surface area contributed by atoms with Crippen LogP contribution >= 0.6 is 22.6 Å². The van der Waals surface area contributed by atoms with Gasteiger partial charge in [-0.1, -0.05) is 0 Å². The molecule has 0 bridgehead atoms. The zero-order valence-corrected chi connectivity index (χ0v) is 21.2. The van der Waals surface area contributed by atoms with E-state index in [1.54, 1.807) is 13.2 Å². The largest absolute Gasteiger partial charge is 0.467 e. The van der Waals surface area contributed by atoms with Crippen LogP contribution in [0.1, 0.15) is 15.9 Å². The second kappa shape index (κ2) is 9.16. The fraction of sp³-hybridized carbons (Fsp3) is 0.222. The summed E-state index contributed by atoms with van der Waals surface area (Å²) in [6, 6.07) is 0.0180. The van der Waals surface area contributed by atoms with E-state index in [4.69, 9.17) is 26.7 Å². The highest BCUT2D eigenvalue weighted by Crippen LogP contribution is 2.29. The normalized spacial score (nSPS) is 10.9. The number of carbonyl (C=O) groups is 1. The van der Waals surface area contributed by atoms with Crippen molar-refractivity contribution in [3.8, 4) is 17.9 Å². The third kappa shape index (κ3) is 4.20. The van der Waals surface area contributed by atoms with E-state index in [0.717, 1.165) is 5.56 Å². The first-order valence-electron chi connectivity index (χ1n) is 9.86. The van der Waals surface area contributed by atoms with Crippen molar-refractivity contribution in [1.29, 1.82) is 0 Å². The molecule has 0 unspecified atom stereocenters. The molecule has 0 aliphatic heterocycles. The summed E-state index contributed by atoms with van der Waals surface area (Å²) in [4.78, 5) is 25.0. The van der Waals surface area contributed by atoms with E-state index in [0.29, 0.717) is 20.9 Å². The number of esters is 1. The van der Waals surface area contributed by atoms with Crippen LogP contribution in [0.5, 0.6) is 6.01 Å². The van der Waals surface area contributed by atoms with Crippen LogP contribution in [0.2, 0.25) is 0 Å². The van der Waals surface area contributed by atoms with Gasteiger partial charge in [0.25, 0.3) is 5.95 Å². The minimum Gasteiger partial charge on any atom is -0.467 e. The van der Waals surface area contributed by atoms with Gasteiger partial charge in [0.05, 0.1) is 26.1 Å². The molecule has 0 radical (unpaired) electrons. The predicted molar refractivity (Wildman–Crippen MR) is 135 cm³/mol. The van der Waals surface area contributed by atoms with Gasteiger partial charge in [-0.05, 0) is 35.1 Å². The highest BCUT2D eigenvalue weighted by atomic mass is 127. The Bertz CT molecular complexity index is 1420. The van der Waals surface area contributed by atoms with Crippen LogP contribution in [-0.2, 0) is 11.8 Å². The Labute approximate surface area is 211 Å². The van der Waals surface area contributed by atoms with E-state index in [-0.39, 0.29) is 35.1 Å². The van der Waals surface area contributed by atoms with Crippen LogP contribution in [0.15, 0.2) is 12.4 Å². The van der Waals surface area contributed by atoms with E-state index in [1.807, 2.05) is 29.5 Å². The number of hydrazine groups is 1. The van der Waals surface area contributed by atoms with Crippen molar-refractivity contribution in [2.45, 2.75) is 6.92 Å². The number of nitrogens with zero attached hydrogens (tertiary/aromatic N) is 8. The van der Waals surface area contributed by atoms with Crippen molar-refractivity contribution < 1.29 is 14.3 Å². The summed E-state index contributed by atoms with van der Waals surface area (Å²) in [5.74, 6) is 0.494. The molecule has 4 aromatic heterocycles. The highest BCUT2D eigenvalue weighted by molar-refractivity contribution is 14.1. The van der Waals surface area contributed by atoms with Gasteiger partial charge in [0, 0.05) is 13.2 Å². The maximum Gasteiger partial charge on any atom is 0.343 e. The van der Waals surface area contributed by atoms with Crippen LogP contribution in [0.3, 0.4) is 0 Å². The van der Waals surface area contributed by atoms with Crippen LogP contribution < -0.4 is 32.8 Å². The third-order valence-electron chi connectivity index (χ3n) is 4.99. The summed E-state index contributed by atoms with van der Waals surface area (Å²) >= 11 is 1.99. The second-order valence-electron chi connectivity index (χ2n) is 7.14. The minimum absolute atomic E-state index is 0.0180. The lowest BCUT2D eigenvalue weighted by atomic mass is 10.3. The Kier molecular flexibility index (Phi) is 6.24. The van der Waals surface area contributed by atoms with E-state index >= 15 is 0 Å². The van der Waals surface area contributed by atoms with Crippen molar-refractivity contribution in [3.05, 3.63) is 27.2 Å². The Morgan fingerprint density at radius 3 is 2.43 bits per heavy atom. The molecular formula is C18H22IN13O3. The molecule has 17 heteroatoms. The molecule has 184 valence electrons. The monoisotopic (exact) mass is 595 g/mol. The summed E-state index contributed by atoms with van der Waals surface area (Å²) in [5.41, 5.74) is 26.1. The van der Waals surface area contributed by atoms with Crippen molar-refractivity contribution in [2.24, 2.45) is 7.05 Å². The number of aromatic nitrogens is 8. The lowest BCUT2D eigenvalue weighted by molar-refractivity contribution is 0.0602. The summed E-state index contributed by atoms with van der Waals surface area (Å²) in [5, 5.41) is 8.49. The number of hydrogen-bond donors (Lipinski definition) is 5. The number of rotatable bonds is 7. The molecule has 0 fully saturated rings. The highest BCUT2D eigenvalue weighted by Gasteiger charge is 2.22. The van der Waals surface area contributed by atoms with Gasteiger partial charge in [0.2, 0.25) is 5.95 Å². The van der Waals surface area contributed by atoms with E-state index < -0.39 is 5.97 Å². The maximum absolute atomic E-state index is 12.0. The van der Waals surface area contributed by atoms with Crippen molar-refractivity contribution in [2.75, 3.05) is 42.3 Å². The zero-order valence-electron chi connectivity index (χ0n) is 19.1. The van der Waals surface area contributed by atoms with E-state index in [1.165, 1.54) is 34.3 Å². The molecule has 0 saturated heterocycles. The minimum atomic E-state index is -0.550. The Morgan fingerprint density at radius 2 is 1.80 bits per heavy atom. The number of nitrogens with one attached hydrogen (secondary N) is 2. The Hall–Kier alpha value is -4.29. The van der Waals surface area contributed by atoms with E-state index in [2.05, 4.69) is 36.0 Å². The van der Waals surface area contributed by atoms with Crippen molar-refractivity contribution in [1.82, 2.24) is 39.1 Å². The van der Waals surface area contributed by atoms with Gasteiger partial charge in [0.15, 0.2) is 15.3 Å². The number of halogens is 1. The molecule has 0 amide bonds. The number of anilines is 5. The fourth-order valence-corrected chi connectivity index (χ4v) is 3.72. The number of nitrogens with two attached hydrogens (primary N) is 3. The predicted octanol–water partition coefficient (Wildman–Crippen LogP) is 0.475. The topological polar surface area (TPSA) is 217 Å². The molecule has 16 nitrogen and oxygen atoms in total. The first-order valence-corrected chi connectivity index (χ1v) is 10.9. The number of ether oxygens (including phenoxy) is 2. The molecule has 0 spiro atoms. The first-order chi connectivity index (χ1) is 16.7. The van der Waals surface area contributed by atoms with Crippen LogP contribution in [-0.4, -0.2) is 59.3 Å². The van der Waals surface area contributed by atoms with Gasteiger partial charge < -0.3 is 26.7 Å². The SMILES string of the molecule is COC(=O)c1cnn(C)c1NNc1c(I)nn(-c2nc(OC)nc(-n3cc(C)c(N)c3N)n2)c1N. The van der Waals surface area contributed by atoms with Gasteiger partial charge >= 0.3 is 12.0 Å². The molecule has 4 heterocycles. The molecule has 8 N–H and O–H groups in total. The zero-order chi connectivity index (χ0) is 25.4. The maximum atomic E-state index is 12.0. The molecular weight excluding hydrogens is 573 g/mol. The lowest BCUT2D eigenvalue weighted by Gasteiger charge is -2.12. The van der Waals surface area contributed by atoms with Gasteiger partial charge in [-0.3, -0.25) is 20.1 Å². The molecule has 0 saturated carbocycles. The van der Waals surface area contributed by atoms with Crippen LogP contribution in [0.4, 0.5) is 28.8 Å². The fourth-order valence-electron chi connectivity index (χ4n) is 3.10. The summed E-state index contributed by atoms with van der Waals surface area (Å²) in [6.07, 6.45) is 3.08. The quantitative estimate of drug-likeness (QED) is 0.112. The third-order valence-corrected chi connectivity index (χ3v) is 5.75. The van der Waals surface area contributed by atoms with Gasteiger partial charge in [-0.25, -0.2) is 4.79 Å². The second-order valence-corrected chi connectivity index (χ2v) is 8.16. The van der Waals surface area contributed by atoms with Gasteiger partial charge in [-0.15, -0.1) is 0 Å². The van der Waals surface area contributed by atoms with Crippen molar-refractivity contribution in [3.63, 3.8) is 0 Å². The summed E-state index contributed by atoms with van der Waals surface area (Å²) in [7, 11) is 4.36. The first kappa shape index (κ1) is 23.9. The van der Waals surface area contributed by atoms with E-state index in [9.17, 15) is 4.79 Å². The molecule has 4 aromatic rings. The summed E-state index contributed by atoms with van der Waals surface area (Å²) < 4.78 is 14.8. The van der Waals surface area contributed by atoms with Gasteiger partial charge in [0.1, 0.15) is 17.1 Å². The number of nitrogen functional groups attached to an aromatic ring is 3. The Morgan fingerprint density at radius 1 is 1.09 bits per heavy atom. The standard InChI is InChI=1S/C18H22IN13O3/c1-7-6-31(12(21)9(7)20)16-24-17(26-18(25-16)35-4)32-13(22)10(11(19)29-32)27-28-14-8(15(33)34-3)5-23-30(14)2/h5-6,27-28H,20-22H2,1-4H3. The Balaban J connectivity index is 1.71. The molecule has 0 aromatic carbocycles. The lowest BCUT2D eigenvalue weighted by Crippen LogP contribution is -2.17. The smallest absolute Gasteiger partial charge is 0.343 e. The van der Waals surface area contributed by atoms with Crippen LogP contribution in [0.25, 0.3) is 11.9 Å². The molecule has 0 aliphatic carbocycles. The molecule has 0 aliphatic rings. The number of methoxy groups -OCH3 is 2. The molecule has 35 heavy (non-hydrogen) atoms.